The second kappa shape index (κ2) is 6.68. The molecule has 0 unspecified atom stereocenters. The van der Waals surface area contributed by atoms with Crippen molar-refractivity contribution in [3.8, 4) is 5.75 Å². The van der Waals surface area contributed by atoms with E-state index in [0.29, 0.717) is 16.4 Å². The number of aromatic hydroxyl groups is 1. The first-order valence-corrected chi connectivity index (χ1v) is 8.85. The molecule has 4 N–H and O–H groups in total. The Labute approximate surface area is 156 Å². The van der Waals surface area contributed by atoms with Crippen molar-refractivity contribution in [3.05, 3.63) is 53.1 Å². The minimum atomic E-state index is -0.184. The van der Waals surface area contributed by atoms with Gasteiger partial charge in [-0.1, -0.05) is 53.8 Å². The Morgan fingerprint density at radius 3 is 1.76 bits per heavy atom. The van der Waals surface area contributed by atoms with Crippen molar-refractivity contribution in [2.75, 3.05) is 11.1 Å². The summed E-state index contributed by atoms with van der Waals surface area (Å²) in [4.78, 5) is 0.626. The molecule has 25 heavy (non-hydrogen) atoms. The van der Waals surface area contributed by atoms with Crippen LogP contribution in [0.1, 0.15) is 58.2 Å². The molecule has 0 fully saturated rings. The summed E-state index contributed by atoms with van der Waals surface area (Å²) >= 11 is 5.62. The number of benzene rings is 2. The van der Waals surface area contributed by atoms with Crippen molar-refractivity contribution in [2.24, 2.45) is 0 Å². The Morgan fingerprint density at radius 2 is 1.36 bits per heavy atom. The largest absolute Gasteiger partial charge is 0.507 e. The molecule has 0 spiro atoms. The molecular weight excluding hydrogens is 328 g/mol. The molecule has 0 aliphatic rings. The molecule has 2 aromatic carbocycles. The van der Waals surface area contributed by atoms with E-state index in [4.69, 9.17) is 18.0 Å². The number of phenolic OH excluding ortho intramolecular Hbond substituents is 1. The fourth-order valence-electron chi connectivity index (χ4n) is 2.68. The molecule has 0 bridgehead atoms. The highest BCUT2D eigenvalue weighted by Gasteiger charge is 2.27. The summed E-state index contributed by atoms with van der Waals surface area (Å²) in [7, 11) is 0. The van der Waals surface area contributed by atoms with Crippen LogP contribution in [-0.4, -0.2) is 10.1 Å². The molecule has 0 amide bonds. The summed E-state index contributed by atoms with van der Waals surface area (Å²) < 4.78 is 0. The molecule has 3 nitrogen and oxygen atoms in total. The van der Waals surface area contributed by atoms with Crippen LogP contribution in [0.25, 0.3) is 0 Å². The number of nitrogens with one attached hydrogen (secondary N) is 1. The summed E-state index contributed by atoms with van der Waals surface area (Å²) in [6, 6.07) is 11.4. The predicted octanol–water partition coefficient (Wildman–Crippen LogP) is 5.36. The number of rotatable bonds is 2. The molecule has 0 aromatic heterocycles. The fraction of sp³-hybridized carbons (Fsp3) is 0.381. The molecule has 0 aliphatic carbocycles. The average Bonchev–Trinajstić information content (AvgIpc) is 2.47. The predicted molar refractivity (Wildman–Crippen MR) is 112 cm³/mol. The monoisotopic (exact) mass is 356 g/mol. The minimum Gasteiger partial charge on any atom is -0.507 e. The molecule has 0 saturated carbocycles. The van der Waals surface area contributed by atoms with Crippen LogP contribution >= 0.6 is 12.2 Å². The maximum Gasteiger partial charge on any atom is 0.123 e. The highest BCUT2D eigenvalue weighted by atomic mass is 32.1. The van der Waals surface area contributed by atoms with Gasteiger partial charge in [-0.2, -0.15) is 0 Å². The normalized spacial score (nSPS) is 12.1. The number of nitrogen functional groups attached to an aromatic ring is 1. The van der Waals surface area contributed by atoms with Crippen LogP contribution in [0.15, 0.2) is 36.4 Å². The van der Waals surface area contributed by atoms with Crippen molar-refractivity contribution >= 4 is 28.6 Å². The zero-order valence-corrected chi connectivity index (χ0v) is 16.7. The van der Waals surface area contributed by atoms with Gasteiger partial charge in [0.25, 0.3) is 0 Å². The lowest BCUT2D eigenvalue weighted by Crippen LogP contribution is -2.20. The molecule has 134 valence electrons. The lowest BCUT2D eigenvalue weighted by molar-refractivity contribution is 0.423. The van der Waals surface area contributed by atoms with Crippen LogP contribution in [0.2, 0.25) is 0 Å². The highest BCUT2D eigenvalue weighted by Crippen LogP contribution is 2.40. The first-order valence-electron chi connectivity index (χ1n) is 8.44. The van der Waals surface area contributed by atoms with Gasteiger partial charge in [-0.15, -0.1) is 0 Å². The SMILES string of the molecule is CC(C)(C)c1cc(C(=S)Nc2ccc(N)cc2)cc(C(C)(C)C)c1O. The van der Waals surface area contributed by atoms with Crippen molar-refractivity contribution < 1.29 is 5.11 Å². The van der Waals surface area contributed by atoms with Crippen LogP contribution in [0.4, 0.5) is 11.4 Å². The van der Waals surface area contributed by atoms with E-state index >= 15 is 0 Å². The summed E-state index contributed by atoms with van der Waals surface area (Å²) in [5, 5.41) is 14.1. The quantitative estimate of drug-likeness (QED) is 0.501. The Morgan fingerprint density at radius 1 is 0.920 bits per heavy atom. The van der Waals surface area contributed by atoms with Gasteiger partial charge >= 0.3 is 0 Å². The summed E-state index contributed by atoms with van der Waals surface area (Å²) in [5.41, 5.74) is 9.67. The van der Waals surface area contributed by atoms with Gasteiger partial charge in [-0.05, 0) is 47.2 Å². The molecule has 0 saturated heterocycles. The van der Waals surface area contributed by atoms with Gasteiger partial charge in [0, 0.05) is 28.1 Å². The second-order valence-electron chi connectivity index (χ2n) is 8.50. The first kappa shape index (κ1) is 19.3. The van der Waals surface area contributed by atoms with Crippen molar-refractivity contribution in [3.63, 3.8) is 0 Å². The van der Waals surface area contributed by atoms with E-state index in [0.717, 1.165) is 22.4 Å². The Bertz CT molecular complexity index is 746. The van der Waals surface area contributed by atoms with E-state index in [-0.39, 0.29) is 10.8 Å². The van der Waals surface area contributed by atoms with E-state index in [2.05, 4.69) is 46.9 Å². The molecule has 4 heteroatoms. The Kier molecular flexibility index (Phi) is 5.14. The van der Waals surface area contributed by atoms with Crippen molar-refractivity contribution in [1.29, 1.82) is 0 Å². The van der Waals surface area contributed by atoms with Crippen molar-refractivity contribution in [1.82, 2.24) is 0 Å². The molecular formula is C21H28N2OS. The smallest absolute Gasteiger partial charge is 0.123 e. The van der Waals surface area contributed by atoms with Crippen molar-refractivity contribution in [2.45, 2.75) is 52.4 Å². The molecule has 0 heterocycles. The van der Waals surface area contributed by atoms with Gasteiger partial charge in [0.15, 0.2) is 0 Å². The van der Waals surface area contributed by atoms with E-state index in [1.54, 1.807) is 0 Å². The van der Waals surface area contributed by atoms with Gasteiger partial charge in [0.05, 0.1) is 0 Å². The third-order valence-electron chi connectivity index (χ3n) is 4.16. The molecule has 0 atom stereocenters. The van der Waals surface area contributed by atoms with Crippen LogP contribution in [0.3, 0.4) is 0 Å². The molecule has 2 aromatic rings. The number of thiocarbonyl (C=S) groups is 1. The molecule has 0 aliphatic heterocycles. The maximum absolute atomic E-state index is 10.8. The van der Waals surface area contributed by atoms with E-state index in [9.17, 15) is 5.11 Å². The number of anilines is 2. The lowest BCUT2D eigenvalue weighted by Gasteiger charge is -2.28. The fourth-order valence-corrected chi connectivity index (χ4v) is 2.91. The number of nitrogens with two attached hydrogens (primary N) is 1. The van der Waals surface area contributed by atoms with Gasteiger partial charge in [0.2, 0.25) is 0 Å². The average molecular weight is 357 g/mol. The Hall–Kier alpha value is -2.07. The van der Waals surface area contributed by atoms with E-state index < -0.39 is 0 Å². The zero-order valence-electron chi connectivity index (χ0n) is 15.9. The van der Waals surface area contributed by atoms with Crippen LogP contribution in [0, 0.1) is 0 Å². The number of hydrogen-bond donors (Lipinski definition) is 3. The molecule has 2 rings (SSSR count). The van der Waals surface area contributed by atoms with Crippen LogP contribution in [0.5, 0.6) is 5.75 Å². The summed E-state index contributed by atoms with van der Waals surface area (Å²) in [6.45, 7) is 12.6. The van der Waals surface area contributed by atoms with Crippen LogP contribution in [-0.2, 0) is 10.8 Å². The standard InChI is InChI=1S/C21H28N2OS/c1-20(2,3)16-11-13(12-17(18(16)24)21(4,5)6)19(25)23-15-9-7-14(22)8-10-15/h7-12,24H,22H2,1-6H3,(H,23,25). The minimum absolute atomic E-state index is 0.184. The lowest BCUT2D eigenvalue weighted by atomic mass is 9.78. The number of hydrogen-bond acceptors (Lipinski definition) is 3. The van der Waals surface area contributed by atoms with Gasteiger partial charge in [-0.25, -0.2) is 0 Å². The van der Waals surface area contributed by atoms with E-state index in [1.807, 2.05) is 36.4 Å². The van der Waals surface area contributed by atoms with Gasteiger partial charge < -0.3 is 16.2 Å². The maximum atomic E-state index is 10.8. The second-order valence-corrected chi connectivity index (χ2v) is 8.90. The topological polar surface area (TPSA) is 58.3 Å². The van der Waals surface area contributed by atoms with Crippen LogP contribution < -0.4 is 11.1 Å². The van der Waals surface area contributed by atoms with Gasteiger partial charge in [-0.3, -0.25) is 0 Å². The number of phenols is 1. The van der Waals surface area contributed by atoms with Gasteiger partial charge in [0.1, 0.15) is 10.7 Å². The highest BCUT2D eigenvalue weighted by molar-refractivity contribution is 7.81. The summed E-state index contributed by atoms with van der Waals surface area (Å²) in [6.07, 6.45) is 0. The van der Waals surface area contributed by atoms with E-state index in [1.165, 1.54) is 0 Å². The third-order valence-corrected chi connectivity index (χ3v) is 4.49. The molecule has 0 radical (unpaired) electrons. The zero-order chi connectivity index (χ0) is 19.0. The first-order chi connectivity index (χ1) is 11.4. The third kappa shape index (κ3) is 4.51. The Balaban J connectivity index is 2.49. The summed E-state index contributed by atoms with van der Waals surface area (Å²) in [5.74, 6) is 0.360.